The number of likely N-dealkylation sites (tertiary alicyclic amines) is 1. The standard InChI is InChI=1S/C16H24ClN3O3S/c1-12-6-4-5-9-20(12)11-16(21)18-13-7-8-14(17)15(10-13)24(22,23)19(2)3/h7-8,10,12H,4-6,9,11H2,1-3H3,(H,18,21)/t12-/m0/s1. The van der Waals surface area contributed by atoms with Crippen molar-refractivity contribution in [3.8, 4) is 0 Å². The Kier molecular flexibility index (Phi) is 6.25. The molecule has 1 N–H and O–H groups in total. The Morgan fingerprint density at radius 1 is 1.38 bits per heavy atom. The van der Waals surface area contributed by atoms with E-state index in [1.165, 1.54) is 32.6 Å². The summed E-state index contributed by atoms with van der Waals surface area (Å²) in [7, 11) is -0.784. The third-order valence-corrected chi connectivity index (χ3v) is 6.56. The second-order valence-electron chi connectivity index (χ2n) is 6.30. The molecule has 0 radical (unpaired) electrons. The van der Waals surface area contributed by atoms with Gasteiger partial charge in [-0.2, -0.15) is 0 Å². The monoisotopic (exact) mass is 373 g/mol. The molecule has 0 spiro atoms. The van der Waals surface area contributed by atoms with Gasteiger partial charge in [-0.25, -0.2) is 12.7 Å². The van der Waals surface area contributed by atoms with Crippen molar-refractivity contribution in [2.24, 2.45) is 0 Å². The summed E-state index contributed by atoms with van der Waals surface area (Å²) < 4.78 is 25.6. The van der Waals surface area contributed by atoms with Gasteiger partial charge in [0.25, 0.3) is 0 Å². The summed E-state index contributed by atoms with van der Waals surface area (Å²) in [5, 5.41) is 2.90. The van der Waals surface area contributed by atoms with Gasteiger partial charge in [-0.05, 0) is 44.5 Å². The van der Waals surface area contributed by atoms with Crippen LogP contribution >= 0.6 is 11.6 Å². The molecule has 0 bridgehead atoms. The lowest BCUT2D eigenvalue weighted by Gasteiger charge is -2.32. The molecular formula is C16H24ClN3O3S. The van der Waals surface area contributed by atoms with Crippen LogP contribution in [0.2, 0.25) is 5.02 Å². The predicted octanol–water partition coefficient (Wildman–Crippen LogP) is 2.40. The first-order valence-electron chi connectivity index (χ1n) is 7.98. The molecule has 1 heterocycles. The highest BCUT2D eigenvalue weighted by atomic mass is 35.5. The van der Waals surface area contributed by atoms with E-state index in [0.29, 0.717) is 18.3 Å². The van der Waals surface area contributed by atoms with Gasteiger partial charge in [-0.3, -0.25) is 9.69 Å². The van der Waals surface area contributed by atoms with Gasteiger partial charge in [0.2, 0.25) is 15.9 Å². The summed E-state index contributed by atoms with van der Waals surface area (Å²) in [5.41, 5.74) is 0.425. The lowest BCUT2D eigenvalue weighted by Crippen LogP contribution is -2.42. The molecule has 0 aromatic heterocycles. The zero-order valence-electron chi connectivity index (χ0n) is 14.3. The molecule has 1 aliphatic rings. The number of nitrogens with zero attached hydrogens (tertiary/aromatic N) is 2. The van der Waals surface area contributed by atoms with Crippen LogP contribution in [-0.2, 0) is 14.8 Å². The molecule has 1 saturated heterocycles. The Morgan fingerprint density at radius 3 is 2.71 bits per heavy atom. The molecule has 0 unspecified atom stereocenters. The van der Waals surface area contributed by atoms with E-state index in [4.69, 9.17) is 11.6 Å². The molecule has 1 aliphatic heterocycles. The average Bonchev–Trinajstić information content (AvgIpc) is 2.51. The summed E-state index contributed by atoms with van der Waals surface area (Å²) in [6.07, 6.45) is 3.39. The van der Waals surface area contributed by atoms with E-state index in [9.17, 15) is 13.2 Å². The fraction of sp³-hybridized carbons (Fsp3) is 0.562. The van der Waals surface area contributed by atoms with Crippen LogP contribution in [0.25, 0.3) is 0 Å². The van der Waals surface area contributed by atoms with Gasteiger partial charge >= 0.3 is 0 Å². The number of rotatable bonds is 5. The molecule has 0 saturated carbocycles. The lowest BCUT2D eigenvalue weighted by molar-refractivity contribution is -0.118. The van der Waals surface area contributed by atoms with E-state index in [2.05, 4.69) is 17.1 Å². The largest absolute Gasteiger partial charge is 0.325 e. The van der Waals surface area contributed by atoms with Crippen LogP contribution in [0.15, 0.2) is 23.1 Å². The minimum atomic E-state index is -3.66. The van der Waals surface area contributed by atoms with Crippen molar-refractivity contribution >= 4 is 33.2 Å². The molecule has 24 heavy (non-hydrogen) atoms. The maximum Gasteiger partial charge on any atom is 0.244 e. The van der Waals surface area contributed by atoms with E-state index in [1.807, 2.05) is 0 Å². The maximum atomic E-state index is 12.3. The average molecular weight is 374 g/mol. The number of benzene rings is 1. The Hall–Kier alpha value is -1.15. The third-order valence-electron chi connectivity index (χ3n) is 4.26. The van der Waals surface area contributed by atoms with Crippen LogP contribution in [0.1, 0.15) is 26.2 Å². The van der Waals surface area contributed by atoms with Crippen molar-refractivity contribution < 1.29 is 13.2 Å². The first-order valence-corrected chi connectivity index (χ1v) is 9.79. The van der Waals surface area contributed by atoms with Crippen molar-refractivity contribution in [1.29, 1.82) is 0 Å². The summed E-state index contributed by atoms with van der Waals surface area (Å²) in [4.78, 5) is 14.4. The molecule has 6 nitrogen and oxygen atoms in total. The minimum Gasteiger partial charge on any atom is -0.325 e. The third kappa shape index (κ3) is 4.47. The van der Waals surface area contributed by atoms with Crippen LogP contribution in [-0.4, -0.2) is 56.8 Å². The Balaban J connectivity index is 2.11. The maximum absolute atomic E-state index is 12.3. The summed E-state index contributed by atoms with van der Waals surface area (Å²) in [5.74, 6) is -0.153. The first-order chi connectivity index (χ1) is 11.2. The predicted molar refractivity (Wildman–Crippen MR) is 95.8 cm³/mol. The van der Waals surface area contributed by atoms with Gasteiger partial charge in [0, 0.05) is 25.8 Å². The summed E-state index contributed by atoms with van der Waals surface area (Å²) >= 11 is 6.01. The van der Waals surface area contributed by atoms with E-state index in [0.717, 1.165) is 23.7 Å². The lowest BCUT2D eigenvalue weighted by atomic mass is 10.0. The van der Waals surface area contributed by atoms with Gasteiger partial charge in [-0.15, -0.1) is 0 Å². The van der Waals surface area contributed by atoms with Crippen LogP contribution in [0.3, 0.4) is 0 Å². The number of anilines is 1. The van der Waals surface area contributed by atoms with Crippen molar-refractivity contribution in [2.45, 2.75) is 37.1 Å². The number of carbonyl (C=O) groups is 1. The molecule has 2 rings (SSSR count). The molecule has 134 valence electrons. The molecule has 1 aromatic carbocycles. The molecule has 1 atom stereocenters. The van der Waals surface area contributed by atoms with E-state index >= 15 is 0 Å². The number of hydrogen-bond acceptors (Lipinski definition) is 4. The van der Waals surface area contributed by atoms with E-state index in [-0.39, 0.29) is 15.8 Å². The van der Waals surface area contributed by atoms with Crippen molar-refractivity contribution in [3.63, 3.8) is 0 Å². The number of nitrogens with one attached hydrogen (secondary N) is 1. The number of carbonyl (C=O) groups excluding carboxylic acids is 1. The second-order valence-corrected chi connectivity index (χ2v) is 8.82. The topological polar surface area (TPSA) is 69.7 Å². The Labute approximate surface area is 148 Å². The zero-order valence-corrected chi connectivity index (χ0v) is 15.8. The minimum absolute atomic E-state index is 0.0155. The first kappa shape index (κ1) is 19.2. The van der Waals surface area contributed by atoms with Crippen LogP contribution in [0, 0.1) is 0 Å². The molecule has 1 fully saturated rings. The molecule has 0 aliphatic carbocycles. The highest BCUT2D eigenvalue weighted by Crippen LogP contribution is 2.27. The van der Waals surface area contributed by atoms with Gasteiger partial charge in [0.15, 0.2) is 0 Å². The number of hydrogen-bond donors (Lipinski definition) is 1. The van der Waals surface area contributed by atoms with Gasteiger partial charge in [0.05, 0.1) is 11.6 Å². The number of sulfonamides is 1. The molecule has 8 heteroatoms. The SMILES string of the molecule is C[C@H]1CCCCN1CC(=O)Nc1ccc(Cl)c(S(=O)(=O)N(C)C)c1. The fourth-order valence-electron chi connectivity index (χ4n) is 2.75. The number of piperidine rings is 1. The highest BCUT2D eigenvalue weighted by molar-refractivity contribution is 7.89. The quantitative estimate of drug-likeness (QED) is 0.860. The summed E-state index contributed by atoms with van der Waals surface area (Å²) in [6.45, 7) is 3.34. The van der Waals surface area contributed by atoms with E-state index < -0.39 is 10.0 Å². The smallest absolute Gasteiger partial charge is 0.244 e. The van der Waals surface area contributed by atoms with Gasteiger partial charge in [-0.1, -0.05) is 18.0 Å². The van der Waals surface area contributed by atoms with E-state index in [1.54, 1.807) is 6.07 Å². The van der Waals surface area contributed by atoms with Gasteiger partial charge < -0.3 is 5.32 Å². The fourth-order valence-corrected chi connectivity index (χ4v) is 4.15. The van der Waals surface area contributed by atoms with Crippen LogP contribution in [0.4, 0.5) is 5.69 Å². The zero-order chi connectivity index (χ0) is 17.9. The van der Waals surface area contributed by atoms with Crippen molar-refractivity contribution in [2.75, 3.05) is 32.5 Å². The number of halogens is 1. The highest BCUT2D eigenvalue weighted by Gasteiger charge is 2.23. The normalized spacial score (nSPS) is 19.5. The van der Waals surface area contributed by atoms with Crippen LogP contribution < -0.4 is 5.32 Å². The number of amides is 1. The Bertz CT molecular complexity index is 707. The van der Waals surface area contributed by atoms with Crippen molar-refractivity contribution in [3.05, 3.63) is 23.2 Å². The summed E-state index contributed by atoms with van der Waals surface area (Å²) in [6, 6.07) is 4.88. The molecule has 1 amide bonds. The Morgan fingerprint density at radius 2 is 2.08 bits per heavy atom. The van der Waals surface area contributed by atoms with Gasteiger partial charge in [0.1, 0.15) is 4.90 Å². The molecule has 1 aromatic rings. The van der Waals surface area contributed by atoms with Crippen molar-refractivity contribution in [1.82, 2.24) is 9.21 Å². The molecular weight excluding hydrogens is 350 g/mol. The van der Waals surface area contributed by atoms with Crippen LogP contribution in [0.5, 0.6) is 0 Å². The second kappa shape index (κ2) is 7.82.